The average molecular weight is 291 g/mol. The zero-order valence-corrected chi connectivity index (χ0v) is 11.8. The average Bonchev–Trinajstić information content (AvgIpc) is 2.27. The van der Waals surface area contributed by atoms with Crippen LogP contribution >= 0.6 is 11.6 Å². The van der Waals surface area contributed by atoms with Crippen LogP contribution in [0.1, 0.15) is 10.4 Å². The molecule has 0 saturated heterocycles. The standard InChI is InChI=1S/C11H15ClN2O3S/c1-14(5-6-18(2,16)17)11(15)9-7-8(12)3-4-10(9)13/h3-4,7H,5-6,13H2,1-2H3. The fraction of sp³-hybridized carbons (Fsp3) is 0.364. The molecule has 1 aromatic carbocycles. The summed E-state index contributed by atoms with van der Waals surface area (Å²) >= 11 is 5.79. The molecule has 18 heavy (non-hydrogen) atoms. The molecule has 1 rings (SSSR count). The monoisotopic (exact) mass is 290 g/mol. The molecule has 0 bridgehead atoms. The van der Waals surface area contributed by atoms with Crippen LogP contribution in [-0.2, 0) is 9.84 Å². The summed E-state index contributed by atoms with van der Waals surface area (Å²) in [5, 5.41) is 0.407. The Labute approximate surface area is 111 Å². The number of sulfone groups is 1. The largest absolute Gasteiger partial charge is 0.398 e. The predicted octanol–water partition coefficient (Wildman–Crippen LogP) is 1.04. The summed E-state index contributed by atoms with van der Waals surface area (Å²) in [4.78, 5) is 13.3. The normalized spacial score (nSPS) is 11.3. The molecule has 0 fully saturated rings. The van der Waals surface area contributed by atoms with Gasteiger partial charge in [-0.05, 0) is 18.2 Å². The first kappa shape index (κ1) is 14.8. The van der Waals surface area contributed by atoms with Gasteiger partial charge in [-0.2, -0.15) is 0 Å². The number of nitrogens with zero attached hydrogens (tertiary/aromatic N) is 1. The molecule has 0 aromatic heterocycles. The van der Waals surface area contributed by atoms with Crippen LogP contribution in [0.25, 0.3) is 0 Å². The van der Waals surface area contributed by atoms with E-state index in [1.54, 1.807) is 12.1 Å². The number of rotatable bonds is 4. The van der Waals surface area contributed by atoms with Crippen molar-refractivity contribution in [3.05, 3.63) is 28.8 Å². The molecule has 1 aromatic rings. The van der Waals surface area contributed by atoms with E-state index in [0.29, 0.717) is 10.7 Å². The van der Waals surface area contributed by atoms with E-state index < -0.39 is 9.84 Å². The van der Waals surface area contributed by atoms with Gasteiger partial charge in [-0.15, -0.1) is 0 Å². The van der Waals surface area contributed by atoms with Gasteiger partial charge >= 0.3 is 0 Å². The molecule has 0 unspecified atom stereocenters. The zero-order chi connectivity index (χ0) is 13.9. The van der Waals surface area contributed by atoms with Crippen LogP contribution in [0.3, 0.4) is 0 Å². The van der Waals surface area contributed by atoms with Crippen LogP contribution in [0, 0.1) is 0 Å². The van der Waals surface area contributed by atoms with E-state index in [9.17, 15) is 13.2 Å². The van der Waals surface area contributed by atoms with Crippen molar-refractivity contribution in [3.8, 4) is 0 Å². The molecular formula is C11H15ClN2O3S. The lowest BCUT2D eigenvalue weighted by atomic mass is 10.1. The highest BCUT2D eigenvalue weighted by Crippen LogP contribution is 2.19. The number of halogens is 1. The van der Waals surface area contributed by atoms with Crippen LogP contribution in [0.5, 0.6) is 0 Å². The summed E-state index contributed by atoms with van der Waals surface area (Å²) in [6.45, 7) is 0.115. The van der Waals surface area contributed by atoms with Gasteiger partial charge in [0.25, 0.3) is 5.91 Å². The van der Waals surface area contributed by atoms with E-state index in [1.807, 2.05) is 0 Å². The van der Waals surface area contributed by atoms with E-state index in [4.69, 9.17) is 17.3 Å². The lowest BCUT2D eigenvalue weighted by Gasteiger charge is -2.17. The van der Waals surface area contributed by atoms with Crippen molar-refractivity contribution in [2.24, 2.45) is 0 Å². The summed E-state index contributed by atoms with van der Waals surface area (Å²) in [5.41, 5.74) is 6.28. The van der Waals surface area contributed by atoms with Crippen molar-refractivity contribution >= 4 is 33.0 Å². The second kappa shape index (κ2) is 5.58. The molecule has 100 valence electrons. The number of benzene rings is 1. The summed E-state index contributed by atoms with van der Waals surface area (Å²) in [7, 11) is -1.58. The molecule has 5 nitrogen and oxygen atoms in total. The zero-order valence-electron chi connectivity index (χ0n) is 10.2. The minimum atomic E-state index is -3.10. The lowest BCUT2D eigenvalue weighted by molar-refractivity contribution is 0.0804. The first-order valence-electron chi connectivity index (χ1n) is 5.19. The molecule has 0 atom stereocenters. The molecule has 1 amide bonds. The van der Waals surface area contributed by atoms with Gasteiger partial charge in [-0.25, -0.2) is 8.42 Å². The topological polar surface area (TPSA) is 80.5 Å². The quantitative estimate of drug-likeness (QED) is 0.840. The van der Waals surface area contributed by atoms with E-state index in [2.05, 4.69) is 0 Å². The van der Waals surface area contributed by atoms with Gasteiger partial charge in [0, 0.05) is 30.6 Å². The van der Waals surface area contributed by atoms with Gasteiger partial charge in [0.2, 0.25) is 0 Å². The van der Waals surface area contributed by atoms with Gasteiger partial charge in [0.15, 0.2) is 0 Å². The molecule has 0 aliphatic rings. The second-order valence-electron chi connectivity index (χ2n) is 4.09. The molecule has 7 heteroatoms. The maximum absolute atomic E-state index is 12.0. The summed E-state index contributed by atoms with van der Waals surface area (Å²) in [6.07, 6.45) is 1.12. The first-order valence-corrected chi connectivity index (χ1v) is 7.63. The Kier molecular flexibility index (Phi) is 4.59. The number of hydrogen-bond donors (Lipinski definition) is 1. The third-order valence-corrected chi connectivity index (χ3v) is 3.55. The van der Waals surface area contributed by atoms with Gasteiger partial charge in [-0.1, -0.05) is 11.6 Å². The lowest BCUT2D eigenvalue weighted by Crippen LogP contribution is -2.31. The van der Waals surface area contributed by atoms with E-state index in [0.717, 1.165) is 6.26 Å². The number of amides is 1. The molecule has 0 aliphatic carbocycles. The first-order chi connectivity index (χ1) is 8.20. The van der Waals surface area contributed by atoms with Crippen LogP contribution in [0.2, 0.25) is 5.02 Å². The Morgan fingerprint density at radius 2 is 2.06 bits per heavy atom. The maximum atomic E-state index is 12.0. The second-order valence-corrected chi connectivity index (χ2v) is 6.78. The number of nitrogen functional groups attached to an aromatic ring is 1. The van der Waals surface area contributed by atoms with E-state index in [-0.39, 0.29) is 23.8 Å². The molecular weight excluding hydrogens is 276 g/mol. The maximum Gasteiger partial charge on any atom is 0.255 e. The predicted molar refractivity (Wildman–Crippen MR) is 72.5 cm³/mol. The summed E-state index contributed by atoms with van der Waals surface area (Å²) in [5.74, 6) is -0.436. The Morgan fingerprint density at radius 3 is 2.61 bits per heavy atom. The Hall–Kier alpha value is -1.27. The SMILES string of the molecule is CN(CCS(C)(=O)=O)C(=O)c1cc(Cl)ccc1N. The van der Waals surface area contributed by atoms with E-state index in [1.165, 1.54) is 18.0 Å². The van der Waals surface area contributed by atoms with Crippen molar-refractivity contribution in [1.29, 1.82) is 0 Å². The Morgan fingerprint density at radius 1 is 1.44 bits per heavy atom. The van der Waals surface area contributed by atoms with Gasteiger partial charge < -0.3 is 10.6 Å². The fourth-order valence-corrected chi connectivity index (χ4v) is 2.10. The number of nitrogens with two attached hydrogens (primary N) is 1. The Balaban J connectivity index is 2.83. The summed E-state index contributed by atoms with van der Waals surface area (Å²) in [6, 6.07) is 4.60. The van der Waals surface area contributed by atoms with Crippen molar-refractivity contribution in [2.75, 3.05) is 31.3 Å². The van der Waals surface area contributed by atoms with Crippen molar-refractivity contribution < 1.29 is 13.2 Å². The van der Waals surface area contributed by atoms with E-state index >= 15 is 0 Å². The molecule has 0 saturated carbocycles. The van der Waals surface area contributed by atoms with Gasteiger partial charge in [0.1, 0.15) is 9.84 Å². The van der Waals surface area contributed by atoms with Crippen molar-refractivity contribution in [1.82, 2.24) is 4.90 Å². The summed E-state index contributed by atoms with van der Waals surface area (Å²) < 4.78 is 22.1. The number of carbonyl (C=O) groups excluding carboxylic acids is 1. The third kappa shape index (κ3) is 4.19. The van der Waals surface area contributed by atoms with Crippen LogP contribution < -0.4 is 5.73 Å². The molecule has 0 spiro atoms. The van der Waals surface area contributed by atoms with Crippen LogP contribution in [0.4, 0.5) is 5.69 Å². The van der Waals surface area contributed by atoms with Crippen LogP contribution in [0.15, 0.2) is 18.2 Å². The molecule has 0 heterocycles. The van der Waals surface area contributed by atoms with Gasteiger partial charge in [-0.3, -0.25) is 4.79 Å². The number of anilines is 1. The highest BCUT2D eigenvalue weighted by molar-refractivity contribution is 7.90. The molecule has 0 radical (unpaired) electrons. The molecule has 2 N–H and O–H groups in total. The highest BCUT2D eigenvalue weighted by atomic mass is 35.5. The van der Waals surface area contributed by atoms with Crippen molar-refractivity contribution in [3.63, 3.8) is 0 Å². The van der Waals surface area contributed by atoms with Gasteiger partial charge in [0.05, 0.1) is 11.3 Å². The fourth-order valence-electron chi connectivity index (χ4n) is 1.32. The van der Waals surface area contributed by atoms with Crippen LogP contribution in [-0.4, -0.2) is 44.8 Å². The Bertz CT molecular complexity index is 557. The smallest absolute Gasteiger partial charge is 0.255 e. The highest BCUT2D eigenvalue weighted by Gasteiger charge is 2.16. The minimum absolute atomic E-state index is 0.0876. The minimum Gasteiger partial charge on any atom is -0.398 e. The number of hydrogen-bond acceptors (Lipinski definition) is 4. The third-order valence-electron chi connectivity index (χ3n) is 2.39. The number of carbonyl (C=O) groups is 1. The molecule has 0 aliphatic heterocycles. The van der Waals surface area contributed by atoms with Crippen molar-refractivity contribution in [2.45, 2.75) is 0 Å².